The zero-order valence-electron chi connectivity index (χ0n) is 15.8. The SMILES string of the molecule is CC(OCCN1CCCCCCC1)(c1ccccc1)c1ccc(Cl)cc1. The van der Waals surface area contributed by atoms with E-state index in [4.69, 9.17) is 16.3 Å². The lowest BCUT2D eigenvalue weighted by Gasteiger charge is -2.33. The Morgan fingerprint density at radius 1 is 0.846 bits per heavy atom. The van der Waals surface area contributed by atoms with Crippen molar-refractivity contribution in [3.05, 3.63) is 70.7 Å². The summed E-state index contributed by atoms with van der Waals surface area (Å²) in [6.07, 6.45) is 6.75. The number of hydrogen-bond donors (Lipinski definition) is 0. The molecule has 0 spiro atoms. The second-order valence-electron chi connectivity index (χ2n) is 7.36. The Labute approximate surface area is 163 Å². The van der Waals surface area contributed by atoms with E-state index in [2.05, 4.69) is 48.2 Å². The maximum Gasteiger partial charge on any atom is 0.115 e. The minimum absolute atomic E-state index is 0.464. The van der Waals surface area contributed by atoms with E-state index in [1.54, 1.807) is 0 Å². The molecule has 0 bridgehead atoms. The summed E-state index contributed by atoms with van der Waals surface area (Å²) >= 11 is 6.09. The highest BCUT2D eigenvalue weighted by Crippen LogP contribution is 2.34. The zero-order valence-corrected chi connectivity index (χ0v) is 16.5. The van der Waals surface area contributed by atoms with Crippen molar-refractivity contribution in [2.75, 3.05) is 26.2 Å². The highest BCUT2D eigenvalue weighted by atomic mass is 35.5. The molecule has 3 rings (SSSR count). The van der Waals surface area contributed by atoms with Gasteiger partial charge in [-0.25, -0.2) is 0 Å². The van der Waals surface area contributed by atoms with Gasteiger partial charge in [0.25, 0.3) is 0 Å². The molecule has 1 aliphatic heterocycles. The standard InChI is InChI=1S/C23H30ClNO/c1-23(20-10-6-5-7-11-20,21-12-14-22(24)15-13-21)26-19-18-25-16-8-3-2-4-9-17-25/h5-7,10-15H,2-4,8-9,16-19H2,1H3. The largest absolute Gasteiger partial charge is 0.365 e. The normalized spacial score (nSPS) is 18.7. The van der Waals surface area contributed by atoms with E-state index in [0.717, 1.165) is 23.7 Å². The predicted octanol–water partition coefficient (Wildman–Crippen LogP) is 5.89. The highest BCUT2D eigenvalue weighted by molar-refractivity contribution is 6.30. The van der Waals surface area contributed by atoms with Gasteiger partial charge < -0.3 is 9.64 Å². The molecule has 1 unspecified atom stereocenters. The molecule has 140 valence electrons. The molecule has 0 amide bonds. The van der Waals surface area contributed by atoms with Crippen molar-refractivity contribution in [1.29, 1.82) is 0 Å². The van der Waals surface area contributed by atoms with Gasteiger partial charge >= 0.3 is 0 Å². The van der Waals surface area contributed by atoms with Crippen LogP contribution in [0.25, 0.3) is 0 Å². The quantitative estimate of drug-likeness (QED) is 0.628. The molecule has 1 saturated heterocycles. The third-order valence-electron chi connectivity index (χ3n) is 5.47. The van der Waals surface area contributed by atoms with Gasteiger partial charge in [0.1, 0.15) is 5.60 Å². The fourth-order valence-electron chi connectivity index (χ4n) is 3.77. The molecule has 0 saturated carbocycles. The molecule has 26 heavy (non-hydrogen) atoms. The molecule has 2 aromatic carbocycles. The van der Waals surface area contributed by atoms with E-state index in [1.807, 2.05) is 18.2 Å². The first-order chi connectivity index (χ1) is 12.7. The lowest BCUT2D eigenvalue weighted by atomic mass is 9.88. The molecule has 1 heterocycles. The maximum atomic E-state index is 6.53. The van der Waals surface area contributed by atoms with Crippen LogP contribution in [0.5, 0.6) is 0 Å². The van der Waals surface area contributed by atoms with Gasteiger partial charge in [-0.1, -0.05) is 73.3 Å². The van der Waals surface area contributed by atoms with Gasteiger partial charge in [-0.2, -0.15) is 0 Å². The second kappa shape index (κ2) is 9.55. The Balaban J connectivity index is 1.71. The van der Waals surface area contributed by atoms with Crippen molar-refractivity contribution in [3.8, 4) is 0 Å². The Morgan fingerprint density at radius 2 is 1.42 bits per heavy atom. The van der Waals surface area contributed by atoms with E-state index >= 15 is 0 Å². The molecule has 1 fully saturated rings. The van der Waals surface area contributed by atoms with E-state index in [9.17, 15) is 0 Å². The van der Waals surface area contributed by atoms with Gasteiger partial charge in [-0.3, -0.25) is 0 Å². The monoisotopic (exact) mass is 371 g/mol. The van der Waals surface area contributed by atoms with Crippen LogP contribution in [-0.2, 0) is 10.3 Å². The number of rotatable bonds is 6. The number of likely N-dealkylation sites (tertiary alicyclic amines) is 1. The second-order valence-corrected chi connectivity index (χ2v) is 7.80. The lowest BCUT2D eigenvalue weighted by Crippen LogP contribution is -2.35. The molecular formula is C23H30ClNO. The maximum absolute atomic E-state index is 6.53. The van der Waals surface area contributed by atoms with Crippen LogP contribution >= 0.6 is 11.6 Å². The highest BCUT2D eigenvalue weighted by Gasteiger charge is 2.30. The smallest absolute Gasteiger partial charge is 0.115 e. The minimum Gasteiger partial charge on any atom is -0.365 e. The van der Waals surface area contributed by atoms with Crippen molar-refractivity contribution < 1.29 is 4.74 Å². The van der Waals surface area contributed by atoms with Gasteiger partial charge in [0.2, 0.25) is 0 Å². The van der Waals surface area contributed by atoms with Crippen molar-refractivity contribution in [2.24, 2.45) is 0 Å². The van der Waals surface area contributed by atoms with Crippen LogP contribution in [0.15, 0.2) is 54.6 Å². The summed E-state index contributed by atoms with van der Waals surface area (Å²) in [5, 5.41) is 0.754. The predicted molar refractivity (Wildman–Crippen MR) is 110 cm³/mol. The fraction of sp³-hybridized carbons (Fsp3) is 0.478. The molecular weight excluding hydrogens is 342 g/mol. The molecule has 2 aromatic rings. The van der Waals surface area contributed by atoms with Gasteiger partial charge in [0, 0.05) is 11.6 Å². The first kappa shape index (κ1) is 19.4. The third-order valence-corrected chi connectivity index (χ3v) is 5.72. The van der Waals surface area contributed by atoms with Crippen LogP contribution in [0.1, 0.15) is 50.2 Å². The van der Waals surface area contributed by atoms with Crippen LogP contribution in [0.4, 0.5) is 0 Å². The number of benzene rings is 2. The topological polar surface area (TPSA) is 12.5 Å². The molecule has 1 aliphatic rings. The van der Waals surface area contributed by atoms with Crippen LogP contribution in [-0.4, -0.2) is 31.1 Å². The molecule has 3 heteroatoms. The Bertz CT molecular complexity index is 650. The van der Waals surface area contributed by atoms with Crippen molar-refractivity contribution in [2.45, 2.75) is 44.6 Å². The number of halogens is 1. The summed E-state index contributed by atoms with van der Waals surface area (Å²) in [6, 6.07) is 18.5. The molecule has 0 radical (unpaired) electrons. The van der Waals surface area contributed by atoms with Crippen molar-refractivity contribution in [1.82, 2.24) is 4.90 Å². The Hall–Kier alpha value is -1.35. The molecule has 0 aromatic heterocycles. The van der Waals surface area contributed by atoms with E-state index in [1.165, 1.54) is 50.8 Å². The van der Waals surface area contributed by atoms with Crippen molar-refractivity contribution >= 4 is 11.6 Å². The van der Waals surface area contributed by atoms with Gasteiger partial charge in [0.15, 0.2) is 0 Å². The van der Waals surface area contributed by atoms with Crippen LogP contribution in [0.3, 0.4) is 0 Å². The van der Waals surface area contributed by atoms with Crippen molar-refractivity contribution in [3.63, 3.8) is 0 Å². The number of nitrogens with zero attached hydrogens (tertiary/aromatic N) is 1. The molecule has 1 atom stereocenters. The Morgan fingerprint density at radius 3 is 2.08 bits per heavy atom. The zero-order chi connectivity index (χ0) is 18.2. The van der Waals surface area contributed by atoms with Crippen LogP contribution < -0.4 is 0 Å². The summed E-state index contributed by atoms with van der Waals surface area (Å²) in [6.45, 7) is 6.29. The molecule has 2 nitrogen and oxygen atoms in total. The average Bonchev–Trinajstić information content (AvgIpc) is 2.64. The first-order valence-corrected chi connectivity index (χ1v) is 10.2. The summed E-state index contributed by atoms with van der Waals surface area (Å²) in [4.78, 5) is 2.56. The third kappa shape index (κ3) is 5.09. The fourth-order valence-corrected chi connectivity index (χ4v) is 3.90. The average molecular weight is 372 g/mol. The van der Waals surface area contributed by atoms with Crippen LogP contribution in [0, 0.1) is 0 Å². The van der Waals surface area contributed by atoms with E-state index < -0.39 is 5.60 Å². The van der Waals surface area contributed by atoms with E-state index in [-0.39, 0.29) is 0 Å². The van der Waals surface area contributed by atoms with Gasteiger partial charge in [0.05, 0.1) is 6.61 Å². The number of ether oxygens (including phenoxy) is 1. The first-order valence-electron chi connectivity index (χ1n) is 9.86. The van der Waals surface area contributed by atoms with E-state index in [0.29, 0.717) is 0 Å². The Kier molecular flexibility index (Phi) is 7.13. The minimum atomic E-state index is -0.464. The van der Waals surface area contributed by atoms with Gasteiger partial charge in [-0.05, 0) is 56.1 Å². The summed E-state index contributed by atoms with van der Waals surface area (Å²) < 4.78 is 6.53. The molecule has 0 N–H and O–H groups in total. The molecule has 0 aliphatic carbocycles. The summed E-state index contributed by atoms with van der Waals surface area (Å²) in [5.41, 5.74) is 1.85. The van der Waals surface area contributed by atoms with Crippen LogP contribution in [0.2, 0.25) is 5.02 Å². The number of hydrogen-bond acceptors (Lipinski definition) is 2. The van der Waals surface area contributed by atoms with Gasteiger partial charge in [-0.15, -0.1) is 0 Å². The summed E-state index contributed by atoms with van der Waals surface area (Å²) in [5.74, 6) is 0. The lowest BCUT2D eigenvalue weighted by molar-refractivity contribution is -0.0151. The summed E-state index contributed by atoms with van der Waals surface area (Å²) in [7, 11) is 0.